The molecular formula is C11H12N2OS3. The van der Waals surface area contributed by atoms with E-state index < -0.39 is 6.10 Å². The third-order valence-electron chi connectivity index (χ3n) is 2.13. The molecule has 1 aromatic carbocycles. The van der Waals surface area contributed by atoms with Gasteiger partial charge in [-0.3, -0.25) is 0 Å². The van der Waals surface area contributed by atoms with E-state index in [-0.39, 0.29) is 0 Å². The van der Waals surface area contributed by atoms with Crippen molar-refractivity contribution >= 4 is 34.9 Å². The van der Waals surface area contributed by atoms with Crippen LogP contribution in [0.15, 0.2) is 37.8 Å². The summed E-state index contributed by atoms with van der Waals surface area (Å²) in [5.41, 5.74) is 0.927. The smallest absolute Gasteiger partial charge is 0.179 e. The summed E-state index contributed by atoms with van der Waals surface area (Å²) in [7, 11) is 0. The molecule has 1 N–H and O–H groups in total. The molecule has 6 heteroatoms. The number of rotatable bonds is 4. The number of nitrogens with zero attached hydrogens (tertiary/aromatic N) is 2. The number of aromatic nitrogens is 2. The van der Waals surface area contributed by atoms with Crippen LogP contribution in [0.4, 0.5) is 0 Å². The SMILES string of the molecule is CSc1nnc(Sc2ccc([C@@H](C)O)cc2)s1. The van der Waals surface area contributed by atoms with E-state index in [1.165, 1.54) is 0 Å². The van der Waals surface area contributed by atoms with Gasteiger partial charge in [-0.05, 0) is 30.9 Å². The Bertz CT molecular complexity index is 482. The Morgan fingerprint density at radius 3 is 2.35 bits per heavy atom. The monoisotopic (exact) mass is 284 g/mol. The molecule has 0 saturated carbocycles. The number of hydrogen-bond donors (Lipinski definition) is 1. The third-order valence-corrected chi connectivity index (χ3v) is 5.09. The molecule has 0 saturated heterocycles. The molecule has 0 fully saturated rings. The highest BCUT2D eigenvalue weighted by molar-refractivity contribution is 8.03. The molecule has 3 nitrogen and oxygen atoms in total. The van der Waals surface area contributed by atoms with Gasteiger partial charge in [-0.15, -0.1) is 10.2 Å². The average molecular weight is 284 g/mol. The minimum absolute atomic E-state index is 0.418. The molecule has 0 aliphatic rings. The van der Waals surface area contributed by atoms with Crippen LogP contribution < -0.4 is 0 Å². The normalized spacial score (nSPS) is 12.6. The average Bonchev–Trinajstić information content (AvgIpc) is 2.77. The topological polar surface area (TPSA) is 46.0 Å². The molecule has 0 aliphatic heterocycles. The summed E-state index contributed by atoms with van der Waals surface area (Å²) in [6, 6.07) is 7.85. The third kappa shape index (κ3) is 3.45. The number of aliphatic hydroxyl groups is 1. The van der Waals surface area contributed by atoms with Crippen LogP contribution in [-0.2, 0) is 0 Å². The Hall–Kier alpha value is -0.560. The maximum atomic E-state index is 9.41. The van der Waals surface area contributed by atoms with Crippen LogP contribution in [0, 0.1) is 0 Å². The van der Waals surface area contributed by atoms with Gasteiger partial charge in [-0.2, -0.15) is 0 Å². The molecule has 0 radical (unpaired) electrons. The first-order valence-corrected chi connectivity index (χ1v) is 7.88. The van der Waals surface area contributed by atoms with Crippen molar-refractivity contribution in [3.05, 3.63) is 29.8 Å². The molecular weight excluding hydrogens is 272 g/mol. The van der Waals surface area contributed by atoms with Crippen molar-refractivity contribution in [2.24, 2.45) is 0 Å². The zero-order valence-electron chi connectivity index (χ0n) is 9.45. The molecule has 1 atom stereocenters. The zero-order chi connectivity index (χ0) is 12.3. The van der Waals surface area contributed by atoms with Gasteiger partial charge in [0, 0.05) is 4.90 Å². The first-order valence-electron chi connectivity index (χ1n) is 5.02. The molecule has 0 aliphatic carbocycles. The summed E-state index contributed by atoms with van der Waals surface area (Å²) in [4.78, 5) is 1.11. The van der Waals surface area contributed by atoms with Gasteiger partial charge in [0.2, 0.25) is 0 Å². The lowest BCUT2D eigenvalue weighted by atomic mass is 10.1. The lowest BCUT2D eigenvalue weighted by molar-refractivity contribution is 0.199. The van der Waals surface area contributed by atoms with Gasteiger partial charge < -0.3 is 5.11 Å². The molecule has 90 valence electrons. The standard InChI is InChI=1S/C11H12N2OS3/c1-7(14)8-3-5-9(6-4-8)16-11-13-12-10(15-2)17-11/h3-7,14H,1-2H3/t7-/m1/s1. The van der Waals surface area contributed by atoms with Crippen LogP contribution in [0.5, 0.6) is 0 Å². The highest BCUT2D eigenvalue weighted by Gasteiger charge is 2.06. The van der Waals surface area contributed by atoms with Gasteiger partial charge in [0.1, 0.15) is 0 Å². The van der Waals surface area contributed by atoms with E-state index >= 15 is 0 Å². The molecule has 2 aromatic rings. The summed E-state index contributed by atoms with van der Waals surface area (Å²) < 4.78 is 1.92. The predicted octanol–water partition coefficient (Wildman–Crippen LogP) is 3.46. The zero-order valence-corrected chi connectivity index (χ0v) is 11.9. The van der Waals surface area contributed by atoms with Crippen molar-refractivity contribution in [1.82, 2.24) is 10.2 Å². The lowest BCUT2D eigenvalue weighted by Gasteiger charge is -2.04. The van der Waals surface area contributed by atoms with Crippen molar-refractivity contribution in [1.29, 1.82) is 0 Å². The highest BCUT2D eigenvalue weighted by Crippen LogP contribution is 2.33. The summed E-state index contributed by atoms with van der Waals surface area (Å²) in [5.74, 6) is 0. The van der Waals surface area contributed by atoms with Crippen LogP contribution in [0.25, 0.3) is 0 Å². The van der Waals surface area contributed by atoms with Crippen LogP contribution >= 0.6 is 34.9 Å². The molecule has 1 heterocycles. The van der Waals surface area contributed by atoms with E-state index in [0.29, 0.717) is 0 Å². The van der Waals surface area contributed by atoms with Gasteiger partial charge in [0.05, 0.1) is 6.10 Å². The van der Waals surface area contributed by atoms with E-state index in [2.05, 4.69) is 10.2 Å². The van der Waals surface area contributed by atoms with Crippen LogP contribution in [-0.4, -0.2) is 21.6 Å². The molecule has 0 bridgehead atoms. The van der Waals surface area contributed by atoms with Gasteiger partial charge in [-0.1, -0.05) is 47.0 Å². The fourth-order valence-corrected chi connectivity index (χ4v) is 3.65. The minimum atomic E-state index is -0.418. The number of hydrogen-bond acceptors (Lipinski definition) is 6. The van der Waals surface area contributed by atoms with Crippen molar-refractivity contribution < 1.29 is 5.11 Å². The van der Waals surface area contributed by atoms with Crippen molar-refractivity contribution in [3.63, 3.8) is 0 Å². The molecule has 0 amide bonds. The summed E-state index contributed by atoms with van der Waals surface area (Å²) >= 11 is 4.79. The van der Waals surface area contributed by atoms with Crippen molar-refractivity contribution in [2.45, 2.75) is 26.6 Å². The second-order valence-corrected chi connectivity index (χ2v) is 6.74. The summed E-state index contributed by atoms with van der Waals surface area (Å²) in [6.45, 7) is 1.76. The maximum Gasteiger partial charge on any atom is 0.179 e. The molecule has 1 aromatic heterocycles. The van der Waals surface area contributed by atoms with E-state index in [1.807, 2.05) is 30.5 Å². The van der Waals surface area contributed by atoms with Crippen LogP contribution in [0.1, 0.15) is 18.6 Å². The van der Waals surface area contributed by atoms with Gasteiger partial charge in [0.15, 0.2) is 8.68 Å². The minimum Gasteiger partial charge on any atom is -0.389 e. The van der Waals surface area contributed by atoms with E-state index in [1.54, 1.807) is 41.8 Å². The number of aliphatic hydroxyl groups excluding tert-OH is 1. The van der Waals surface area contributed by atoms with Crippen molar-refractivity contribution in [3.8, 4) is 0 Å². The fourth-order valence-electron chi connectivity index (χ4n) is 1.24. The molecule has 0 unspecified atom stereocenters. The molecule has 0 spiro atoms. The van der Waals surface area contributed by atoms with Gasteiger partial charge in [-0.25, -0.2) is 0 Å². The van der Waals surface area contributed by atoms with E-state index in [9.17, 15) is 5.11 Å². The van der Waals surface area contributed by atoms with E-state index in [0.717, 1.165) is 19.1 Å². The second-order valence-electron chi connectivity index (χ2n) is 3.39. The van der Waals surface area contributed by atoms with Gasteiger partial charge in [0.25, 0.3) is 0 Å². The number of thioether (sulfide) groups is 1. The maximum absolute atomic E-state index is 9.41. The van der Waals surface area contributed by atoms with Crippen molar-refractivity contribution in [2.75, 3.05) is 6.26 Å². The Balaban J connectivity index is 2.08. The first-order chi connectivity index (χ1) is 8.19. The predicted molar refractivity (Wildman–Crippen MR) is 72.9 cm³/mol. The van der Waals surface area contributed by atoms with Gasteiger partial charge >= 0.3 is 0 Å². The molecule has 2 rings (SSSR count). The van der Waals surface area contributed by atoms with Crippen LogP contribution in [0.2, 0.25) is 0 Å². The van der Waals surface area contributed by atoms with E-state index in [4.69, 9.17) is 0 Å². The fraction of sp³-hybridized carbons (Fsp3) is 0.273. The lowest BCUT2D eigenvalue weighted by Crippen LogP contribution is -1.89. The Labute approximate surface area is 113 Å². The molecule has 17 heavy (non-hydrogen) atoms. The largest absolute Gasteiger partial charge is 0.389 e. The Morgan fingerprint density at radius 1 is 1.18 bits per heavy atom. The first kappa shape index (κ1) is 12.9. The summed E-state index contributed by atoms with van der Waals surface area (Å²) in [6.07, 6.45) is 1.57. The Morgan fingerprint density at radius 2 is 1.82 bits per heavy atom. The highest BCUT2D eigenvalue weighted by atomic mass is 32.2. The summed E-state index contributed by atoms with van der Waals surface area (Å²) in [5, 5.41) is 17.6. The second kappa shape index (κ2) is 5.86. The number of benzene rings is 1. The Kier molecular flexibility index (Phi) is 4.44. The quantitative estimate of drug-likeness (QED) is 0.871. The van der Waals surface area contributed by atoms with Crippen LogP contribution in [0.3, 0.4) is 0 Å².